The second-order valence-corrected chi connectivity index (χ2v) is 5.87. The van der Waals surface area contributed by atoms with E-state index >= 15 is 0 Å². The third-order valence-corrected chi connectivity index (χ3v) is 4.48. The lowest BCUT2D eigenvalue weighted by molar-refractivity contribution is 0.186. The molecule has 20 heavy (non-hydrogen) atoms. The van der Waals surface area contributed by atoms with E-state index in [2.05, 4.69) is 10.3 Å². The van der Waals surface area contributed by atoms with Crippen molar-refractivity contribution in [3.8, 4) is 0 Å². The maximum Gasteiger partial charge on any atom is 0.330 e. The van der Waals surface area contributed by atoms with Gasteiger partial charge in [-0.2, -0.15) is 11.8 Å². The summed E-state index contributed by atoms with van der Waals surface area (Å²) in [6.45, 7) is 0.668. The zero-order valence-corrected chi connectivity index (χ0v) is 12.3. The number of aromatic nitrogens is 2. The number of nitrogens with zero attached hydrogens (tertiary/aromatic N) is 1. The molecule has 0 aromatic carbocycles. The minimum atomic E-state index is -0.506. The zero-order valence-electron chi connectivity index (χ0n) is 11.5. The molecule has 1 fully saturated rings. The van der Waals surface area contributed by atoms with Gasteiger partial charge in [0.05, 0.1) is 13.2 Å². The van der Waals surface area contributed by atoms with Crippen molar-refractivity contribution >= 4 is 23.3 Å². The Morgan fingerprint density at radius 3 is 3.00 bits per heavy atom. The van der Waals surface area contributed by atoms with Crippen molar-refractivity contribution in [2.75, 3.05) is 36.3 Å². The van der Waals surface area contributed by atoms with E-state index in [0.717, 1.165) is 24.3 Å². The third-order valence-electron chi connectivity index (χ3n) is 3.27. The topological polar surface area (TPSA) is 102 Å². The molecule has 1 unspecified atom stereocenters. The number of hydrogen-bond acceptors (Lipinski definition) is 6. The average Bonchev–Trinajstić information content (AvgIpc) is 2.44. The summed E-state index contributed by atoms with van der Waals surface area (Å²) in [7, 11) is 1.55. The predicted molar refractivity (Wildman–Crippen MR) is 81.6 cm³/mol. The van der Waals surface area contributed by atoms with Crippen LogP contribution in [0.3, 0.4) is 0 Å². The summed E-state index contributed by atoms with van der Waals surface area (Å²) in [6, 6.07) is 0.213. The van der Waals surface area contributed by atoms with Crippen LogP contribution in [-0.4, -0.2) is 40.8 Å². The normalized spacial score (nSPS) is 18.9. The van der Waals surface area contributed by atoms with Gasteiger partial charge in [0.15, 0.2) is 0 Å². The number of hydrogen-bond donors (Lipinski definition) is 3. The van der Waals surface area contributed by atoms with Crippen molar-refractivity contribution in [2.24, 2.45) is 0 Å². The van der Waals surface area contributed by atoms with E-state index in [1.165, 1.54) is 4.57 Å². The molecule has 1 saturated heterocycles. The second kappa shape index (κ2) is 6.85. The van der Waals surface area contributed by atoms with Gasteiger partial charge in [0.25, 0.3) is 5.56 Å². The van der Waals surface area contributed by atoms with Crippen molar-refractivity contribution in [1.29, 1.82) is 0 Å². The summed E-state index contributed by atoms with van der Waals surface area (Å²) in [5, 5.41) is 3.17. The number of H-pyrrole nitrogens is 1. The molecule has 1 aromatic heterocycles. The molecular weight excluding hydrogens is 280 g/mol. The Morgan fingerprint density at radius 2 is 2.35 bits per heavy atom. The van der Waals surface area contributed by atoms with E-state index in [-0.39, 0.29) is 17.5 Å². The van der Waals surface area contributed by atoms with E-state index in [4.69, 9.17) is 10.5 Å². The average molecular weight is 300 g/mol. The van der Waals surface area contributed by atoms with Crippen molar-refractivity contribution in [2.45, 2.75) is 25.4 Å². The lowest BCUT2D eigenvalue weighted by Crippen LogP contribution is -2.37. The SMILES string of the molecule is COCCn1c(N)c(NC2CCCSC2)c(=O)[nH]c1=O. The van der Waals surface area contributed by atoms with Gasteiger partial charge in [-0.3, -0.25) is 14.3 Å². The highest BCUT2D eigenvalue weighted by atomic mass is 32.2. The molecular formula is C12H20N4O3S. The zero-order chi connectivity index (χ0) is 14.5. The molecule has 0 aliphatic carbocycles. The molecule has 2 rings (SSSR count). The lowest BCUT2D eigenvalue weighted by atomic mass is 10.2. The van der Waals surface area contributed by atoms with E-state index < -0.39 is 11.2 Å². The highest BCUT2D eigenvalue weighted by Gasteiger charge is 2.18. The third kappa shape index (κ3) is 3.37. The van der Waals surface area contributed by atoms with Gasteiger partial charge in [-0.15, -0.1) is 0 Å². The first-order valence-electron chi connectivity index (χ1n) is 6.59. The van der Waals surface area contributed by atoms with Gasteiger partial charge in [0.1, 0.15) is 11.5 Å². The maximum atomic E-state index is 11.9. The van der Waals surface area contributed by atoms with Crippen molar-refractivity contribution < 1.29 is 4.74 Å². The molecule has 0 radical (unpaired) electrons. The molecule has 0 spiro atoms. The van der Waals surface area contributed by atoms with E-state index in [1.807, 2.05) is 11.8 Å². The molecule has 0 bridgehead atoms. The van der Waals surface area contributed by atoms with E-state index in [9.17, 15) is 9.59 Å². The van der Waals surface area contributed by atoms with Gasteiger partial charge in [-0.1, -0.05) is 0 Å². The number of aromatic amines is 1. The second-order valence-electron chi connectivity index (χ2n) is 4.72. The fraction of sp³-hybridized carbons (Fsp3) is 0.667. The number of ether oxygens (including phenoxy) is 1. The van der Waals surface area contributed by atoms with Crippen LogP contribution in [0.1, 0.15) is 12.8 Å². The van der Waals surface area contributed by atoms with E-state index in [0.29, 0.717) is 13.2 Å². The summed E-state index contributed by atoms with van der Waals surface area (Å²) in [5.41, 5.74) is 5.28. The summed E-state index contributed by atoms with van der Waals surface area (Å²) >= 11 is 1.85. The number of anilines is 2. The molecule has 7 nitrogen and oxygen atoms in total. The van der Waals surface area contributed by atoms with Crippen LogP contribution in [0.4, 0.5) is 11.5 Å². The number of nitrogen functional groups attached to an aromatic ring is 1. The predicted octanol–water partition coefficient (Wildman–Crippen LogP) is 0.0727. The highest BCUT2D eigenvalue weighted by molar-refractivity contribution is 7.99. The Labute approximate surface area is 120 Å². The molecule has 1 aliphatic rings. The fourth-order valence-electron chi connectivity index (χ4n) is 2.19. The first-order valence-corrected chi connectivity index (χ1v) is 7.74. The monoisotopic (exact) mass is 300 g/mol. The number of thioether (sulfide) groups is 1. The van der Waals surface area contributed by atoms with Crippen LogP contribution >= 0.6 is 11.8 Å². The number of nitrogens with one attached hydrogen (secondary N) is 2. The summed E-state index contributed by atoms with van der Waals surface area (Å²) in [6.07, 6.45) is 2.12. The van der Waals surface area contributed by atoms with Gasteiger partial charge >= 0.3 is 5.69 Å². The minimum absolute atomic E-state index is 0.173. The highest BCUT2D eigenvalue weighted by Crippen LogP contribution is 2.21. The summed E-state index contributed by atoms with van der Waals surface area (Å²) in [5.74, 6) is 2.26. The van der Waals surface area contributed by atoms with Crippen LogP contribution in [0.5, 0.6) is 0 Å². The number of nitrogens with two attached hydrogens (primary N) is 1. The number of rotatable bonds is 5. The number of methoxy groups -OCH3 is 1. The molecule has 8 heteroatoms. The molecule has 0 saturated carbocycles. The Hall–Kier alpha value is -1.41. The van der Waals surface area contributed by atoms with Crippen LogP contribution < -0.4 is 22.3 Å². The van der Waals surface area contributed by atoms with Gasteiger partial charge in [-0.05, 0) is 18.6 Å². The molecule has 4 N–H and O–H groups in total. The van der Waals surface area contributed by atoms with Crippen LogP contribution in [0.2, 0.25) is 0 Å². The lowest BCUT2D eigenvalue weighted by Gasteiger charge is -2.24. The largest absolute Gasteiger partial charge is 0.383 e. The summed E-state index contributed by atoms with van der Waals surface area (Å²) in [4.78, 5) is 26.0. The molecule has 112 valence electrons. The molecule has 2 heterocycles. The van der Waals surface area contributed by atoms with Crippen LogP contribution in [0.25, 0.3) is 0 Å². The Bertz CT molecular complexity index is 563. The van der Waals surface area contributed by atoms with Gasteiger partial charge in [0.2, 0.25) is 0 Å². The fourth-order valence-corrected chi connectivity index (χ4v) is 3.26. The molecule has 1 atom stereocenters. The van der Waals surface area contributed by atoms with E-state index in [1.54, 1.807) is 7.11 Å². The quantitative estimate of drug-likeness (QED) is 0.711. The van der Waals surface area contributed by atoms with Crippen molar-refractivity contribution in [1.82, 2.24) is 9.55 Å². The van der Waals surface area contributed by atoms with Crippen molar-refractivity contribution in [3.05, 3.63) is 20.8 Å². The maximum absolute atomic E-state index is 11.9. The van der Waals surface area contributed by atoms with Crippen LogP contribution in [-0.2, 0) is 11.3 Å². The van der Waals surface area contributed by atoms with Gasteiger partial charge < -0.3 is 15.8 Å². The first-order chi connectivity index (χ1) is 9.63. The van der Waals surface area contributed by atoms with Crippen LogP contribution in [0.15, 0.2) is 9.59 Å². The van der Waals surface area contributed by atoms with Crippen molar-refractivity contribution in [3.63, 3.8) is 0 Å². The first kappa shape index (κ1) is 15.0. The molecule has 1 aliphatic heterocycles. The molecule has 0 amide bonds. The smallest absolute Gasteiger partial charge is 0.330 e. The summed E-state index contributed by atoms with van der Waals surface area (Å²) < 4.78 is 6.27. The molecule has 1 aromatic rings. The Kier molecular flexibility index (Phi) is 5.13. The minimum Gasteiger partial charge on any atom is -0.383 e. The Morgan fingerprint density at radius 1 is 1.55 bits per heavy atom. The van der Waals surface area contributed by atoms with Crippen LogP contribution in [0, 0.1) is 0 Å². The Balaban J connectivity index is 2.26. The van der Waals surface area contributed by atoms with Gasteiger partial charge in [-0.25, -0.2) is 4.79 Å². The van der Waals surface area contributed by atoms with Gasteiger partial charge in [0, 0.05) is 18.9 Å². The standard InChI is InChI=1S/C12H20N4O3S/c1-19-5-4-16-10(13)9(11(17)15-12(16)18)14-8-3-2-6-20-7-8/h8,14H,2-7,13H2,1H3,(H,15,17,18).